The summed E-state index contributed by atoms with van der Waals surface area (Å²) in [6.45, 7) is -0.432. The molecule has 2 heterocycles. The Kier molecular flexibility index (Phi) is 3.38. The molecule has 8 heteroatoms. The summed E-state index contributed by atoms with van der Waals surface area (Å²) in [6.07, 6.45) is 0.794. The number of hydrogen-bond donors (Lipinski definition) is 1. The molecule has 3 rings (SSSR count). The van der Waals surface area contributed by atoms with Gasteiger partial charge >= 0.3 is 0 Å². The molecular formula is C14H12F4N4. The molecular weight excluding hydrogens is 300 g/mol. The second-order valence-corrected chi connectivity index (χ2v) is 5.11. The number of nitrogen functional groups attached to an aromatic ring is 1. The molecule has 0 spiro atoms. The average Bonchev–Trinajstić information content (AvgIpc) is 2.82. The van der Waals surface area contributed by atoms with E-state index in [0.717, 1.165) is 24.5 Å². The number of anilines is 2. The van der Waals surface area contributed by atoms with E-state index in [9.17, 15) is 17.6 Å². The quantitative estimate of drug-likeness (QED) is 0.866. The molecule has 116 valence electrons. The predicted octanol–water partition coefficient (Wildman–Crippen LogP) is 2.85. The molecule has 1 fully saturated rings. The number of hydrogen-bond acceptors (Lipinski definition) is 4. The van der Waals surface area contributed by atoms with Gasteiger partial charge in [0, 0.05) is 18.5 Å². The fourth-order valence-corrected chi connectivity index (χ4v) is 2.45. The van der Waals surface area contributed by atoms with Gasteiger partial charge in [-0.15, -0.1) is 0 Å². The molecule has 1 aromatic heterocycles. The van der Waals surface area contributed by atoms with Crippen LogP contribution in [-0.2, 0) is 0 Å². The number of aromatic nitrogens is 2. The van der Waals surface area contributed by atoms with Crippen molar-refractivity contribution in [1.82, 2.24) is 9.97 Å². The van der Waals surface area contributed by atoms with Crippen LogP contribution in [0.2, 0.25) is 0 Å². The second kappa shape index (κ2) is 5.11. The zero-order valence-electron chi connectivity index (χ0n) is 11.4. The highest BCUT2D eigenvalue weighted by atomic mass is 19.3. The molecule has 4 nitrogen and oxygen atoms in total. The fourth-order valence-electron chi connectivity index (χ4n) is 2.45. The maximum atomic E-state index is 13.9. The minimum atomic E-state index is -2.82. The molecule has 0 amide bonds. The largest absolute Gasteiger partial charge is 0.394 e. The Labute approximate surface area is 123 Å². The summed E-state index contributed by atoms with van der Waals surface area (Å²) in [5, 5.41) is 0. The maximum absolute atomic E-state index is 13.9. The Bertz CT molecular complexity index is 720. The molecule has 1 saturated heterocycles. The highest BCUT2D eigenvalue weighted by Gasteiger charge is 2.39. The van der Waals surface area contributed by atoms with Crippen LogP contribution in [0.15, 0.2) is 24.5 Å². The normalized spacial score (nSPS) is 17.0. The molecule has 22 heavy (non-hydrogen) atoms. The van der Waals surface area contributed by atoms with Gasteiger partial charge in [0.05, 0.1) is 6.54 Å². The number of halogens is 4. The molecule has 1 aliphatic rings. The number of rotatable bonds is 2. The Morgan fingerprint density at radius 2 is 1.95 bits per heavy atom. The molecule has 0 saturated carbocycles. The first-order valence-corrected chi connectivity index (χ1v) is 6.56. The average molecular weight is 312 g/mol. The van der Waals surface area contributed by atoms with Gasteiger partial charge in [-0.3, -0.25) is 0 Å². The van der Waals surface area contributed by atoms with E-state index in [1.54, 1.807) is 0 Å². The van der Waals surface area contributed by atoms with Crippen LogP contribution >= 0.6 is 0 Å². The molecule has 1 aliphatic heterocycles. The summed E-state index contributed by atoms with van der Waals surface area (Å²) in [5.41, 5.74) is 5.70. The van der Waals surface area contributed by atoms with Gasteiger partial charge in [0.2, 0.25) is 0 Å². The summed E-state index contributed by atoms with van der Waals surface area (Å²) >= 11 is 0. The van der Waals surface area contributed by atoms with Crippen molar-refractivity contribution in [3.63, 3.8) is 0 Å². The van der Waals surface area contributed by atoms with Crippen molar-refractivity contribution >= 4 is 11.5 Å². The van der Waals surface area contributed by atoms with Gasteiger partial charge in [-0.05, 0) is 18.2 Å². The molecule has 2 N–H and O–H groups in total. The van der Waals surface area contributed by atoms with Gasteiger partial charge in [0.15, 0.2) is 5.82 Å². The minimum Gasteiger partial charge on any atom is -0.394 e. The molecule has 0 aliphatic carbocycles. The third-order valence-electron chi connectivity index (χ3n) is 3.52. The zero-order valence-corrected chi connectivity index (χ0v) is 11.4. The molecule has 1 aromatic carbocycles. The first kappa shape index (κ1) is 14.6. The zero-order chi connectivity index (χ0) is 15.9. The Hall–Kier alpha value is -2.38. The van der Waals surface area contributed by atoms with Crippen LogP contribution in [0.1, 0.15) is 6.42 Å². The maximum Gasteiger partial charge on any atom is 0.266 e. The van der Waals surface area contributed by atoms with E-state index < -0.39 is 24.1 Å². The van der Waals surface area contributed by atoms with Crippen molar-refractivity contribution < 1.29 is 17.6 Å². The highest BCUT2D eigenvalue weighted by molar-refractivity contribution is 5.81. The Balaban J connectivity index is 2.05. The molecule has 0 radical (unpaired) electrons. The SMILES string of the molecule is Nc1c(-c2cc(F)ccc2F)ncnc1N1CCC(F)(F)C1. The van der Waals surface area contributed by atoms with E-state index >= 15 is 0 Å². The second-order valence-electron chi connectivity index (χ2n) is 5.11. The van der Waals surface area contributed by atoms with E-state index in [4.69, 9.17) is 5.73 Å². The van der Waals surface area contributed by atoms with Crippen molar-refractivity contribution in [2.45, 2.75) is 12.3 Å². The van der Waals surface area contributed by atoms with E-state index in [1.165, 1.54) is 4.90 Å². The number of nitrogens with two attached hydrogens (primary N) is 1. The van der Waals surface area contributed by atoms with Gasteiger partial charge in [0.1, 0.15) is 29.3 Å². The van der Waals surface area contributed by atoms with Gasteiger partial charge < -0.3 is 10.6 Å². The number of benzene rings is 1. The van der Waals surface area contributed by atoms with Crippen molar-refractivity contribution in [2.75, 3.05) is 23.7 Å². The van der Waals surface area contributed by atoms with Gasteiger partial charge in [-0.2, -0.15) is 0 Å². The molecule has 0 bridgehead atoms. The topological polar surface area (TPSA) is 55.0 Å². The van der Waals surface area contributed by atoms with Gasteiger partial charge in [0.25, 0.3) is 5.92 Å². The third kappa shape index (κ3) is 2.56. The lowest BCUT2D eigenvalue weighted by atomic mass is 10.1. The lowest BCUT2D eigenvalue weighted by Gasteiger charge is -2.20. The van der Waals surface area contributed by atoms with E-state index in [1.807, 2.05) is 0 Å². The third-order valence-corrected chi connectivity index (χ3v) is 3.52. The summed E-state index contributed by atoms with van der Waals surface area (Å²) in [6, 6.07) is 2.88. The standard InChI is InChI=1S/C14H12F4N4/c15-8-1-2-10(16)9(5-8)12-11(19)13(21-7-20-12)22-4-3-14(17,18)6-22/h1-2,5,7H,3-4,6,19H2. The first-order chi connectivity index (χ1) is 10.4. The summed E-state index contributed by atoms with van der Waals surface area (Å²) in [5.74, 6) is -4.07. The highest BCUT2D eigenvalue weighted by Crippen LogP contribution is 2.36. The van der Waals surface area contributed by atoms with Crippen LogP contribution < -0.4 is 10.6 Å². The number of alkyl halides is 2. The van der Waals surface area contributed by atoms with Gasteiger partial charge in [-0.25, -0.2) is 27.5 Å². The van der Waals surface area contributed by atoms with Crippen molar-refractivity contribution in [3.05, 3.63) is 36.2 Å². The number of nitrogens with zero attached hydrogens (tertiary/aromatic N) is 3. The van der Waals surface area contributed by atoms with Crippen LogP contribution in [0.25, 0.3) is 11.3 Å². The van der Waals surface area contributed by atoms with Crippen molar-refractivity contribution in [2.24, 2.45) is 0 Å². The van der Waals surface area contributed by atoms with Crippen LogP contribution in [0.3, 0.4) is 0 Å². The molecule has 0 unspecified atom stereocenters. The smallest absolute Gasteiger partial charge is 0.266 e. The summed E-state index contributed by atoms with van der Waals surface area (Å²) < 4.78 is 53.8. The summed E-state index contributed by atoms with van der Waals surface area (Å²) in [4.78, 5) is 9.08. The Morgan fingerprint density at radius 1 is 1.18 bits per heavy atom. The molecule has 2 aromatic rings. The van der Waals surface area contributed by atoms with E-state index in [2.05, 4.69) is 9.97 Å². The minimum absolute atomic E-state index is 0.0165. The van der Waals surface area contributed by atoms with Gasteiger partial charge in [-0.1, -0.05) is 0 Å². The Morgan fingerprint density at radius 3 is 2.64 bits per heavy atom. The first-order valence-electron chi connectivity index (χ1n) is 6.56. The monoisotopic (exact) mass is 312 g/mol. The van der Waals surface area contributed by atoms with Crippen LogP contribution in [0, 0.1) is 11.6 Å². The summed E-state index contributed by atoms with van der Waals surface area (Å²) in [7, 11) is 0. The fraction of sp³-hybridized carbons (Fsp3) is 0.286. The van der Waals surface area contributed by atoms with Crippen LogP contribution in [0.4, 0.5) is 29.1 Å². The van der Waals surface area contributed by atoms with Crippen LogP contribution in [0.5, 0.6) is 0 Å². The van der Waals surface area contributed by atoms with E-state index in [-0.39, 0.29) is 35.7 Å². The van der Waals surface area contributed by atoms with Crippen molar-refractivity contribution in [3.8, 4) is 11.3 Å². The van der Waals surface area contributed by atoms with Crippen LogP contribution in [-0.4, -0.2) is 29.0 Å². The predicted molar refractivity (Wildman–Crippen MR) is 73.6 cm³/mol. The van der Waals surface area contributed by atoms with Crippen molar-refractivity contribution in [1.29, 1.82) is 0 Å². The lowest BCUT2D eigenvalue weighted by Crippen LogP contribution is -2.26. The van der Waals surface area contributed by atoms with E-state index in [0.29, 0.717) is 0 Å². The lowest BCUT2D eigenvalue weighted by molar-refractivity contribution is 0.0257. The molecule has 0 atom stereocenters.